The molecular formula is C22H18N4O. The SMILES string of the molecule is C=C(C)C(=O)Cc1cccc(-c2ncnc3[nH]cc(-c4ccccn4)c23)c1. The monoisotopic (exact) mass is 354 g/mol. The number of allylic oxidation sites excluding steroid dienone is 1. The Bertz CT molecular complexity index is 1150. The van der Waals surface area contributed by atoms with E-state index in [0.717, 1.165) is 39.1 Å². The zero-order chi connectivity index (χ0) is 18.8. The molecular weight excluding hydrogens is 336 g/mol. The summed E-state index contributed by atoms with van der Waals surface area (Å²) in [5.74, 6) is 0.0378. The van der Waals surface area contributed by atoms with Gasteiger partial charge in [-0.2, -0.15) is 0 Å². The third-order valence-electron chi connectivity index (χ3n) is 4.45. The average molecular weight is 354 g/mol. The van der Waals surface area contributed by atoms with Gasteiger partial charge in [-0.3, -0.25) is 9.78 Å². The van der Waals surface area contributed by atoms with Crippen LogP contribution in [0.1, 0.15) is 12.5 Å². The van der Waals surface area contributed by atoms with Gasteiger partial charge in [0.25, 0.3) is 0 Å². The van der Waals surface area contributed by atoms with Crippen molar-refractivity contribution < 1.29 is 4.79 Å². The number of nitrogens with one attached hydrogen (secondary N) is 1. The molecule has 0 saturated carbocycles. The van der Waals surface area contributed by atoms with Crippen molar-refractivity contribution in [2.45, 2.75) is 13.3 Å². The minimum atomic E-state index is 0.0378. The van der Waals surface area contributed by atoms with Crippen LogP contribution in [0.2, 0.25) is 0 Å². The van der Waals surface area contributed by atoms with Gasteiger partial charge in [-0.25, -0.2) is 9.97 Å². The number of Topliss-reactive ketones (excluding diaryl/α,β-unsaturated/α-hetero) is 1. The summed E-state index contributed by atoms with van der Waals surface area (Å²) in [5, 5.41) is 0.916. The number of rotatable bonds is 5. The van der Waals surface area contributed by atoms with Crippen LogP contribution >= 0.6 is 0 Å². The maximum atomic E-state index is 12.0. The summed E-state index contributed by atoms with van der Waals surface area (Å²) in [4.78, 5) is 28.6. The van der Waals surface area contributed by atoms with Gasteiger partial charge in [0.2, 0.25) is 0 Å². The summed E-state index contributed by atoms with van der Waals surface area (Å²) >= 11 is 0. The molecule has 3 aromatic heterocycles. The lowest BCUT2D eigenvalue weighted by Gasteiger charge is -2.07. The molecule has 1 N–H and O–H groups in total. The highest BCUT2D eigenvalue weighted by Crippen LogP contribution is 2.33. The van der Waals surface area contributed by atoms with Crippen LogP contribution in [-0.2, 0) is 11.2 Å². The molecule has 0 spiro atoms. The Kier molecular flexibility index (Phi) is 4.34. The van der Waals surface area contributed by atoms with Crippen molar-refractivity contribution in [2.75, 3.05) is 0 Å². The molecule has 0 fully saturated rings. The van der Waals surface area contributed by atoms with Crippen LogP contribution in [0.15, 0.2) is 73.3 Å². The van der Waals surface area contributed by atoms with E-state index in [0.29, 0.717) is 12.0 Å². The van der Waals surface area contributed by atoms with E-state index in [2.05, 4.69) is 26.5 Å². The highest BCUT2D eigenvalue weighted by molar-refractivity contribution is 6.02. The van der Waals surface area contributed by atoms with Crippen molar-refractivity contribution in [3.63, 3.8) is 0 Å². The Morgan fingerprint density at radius 2 is 2.00 bits per heavy atom. The van der Waals surface area contributed by atoms with Gasteiger partial charge in [0.15, 0.2) is 5.78 Å². The largest absolute Gasteiger partial charge is 0.345 e. The number of aromatic amines is 1. The van der Waals surface area contributed by atoms with Crippen LogP contribution in [0, 0.1) is 0 Å². The Morgan fingerprint density at radius 1 is 1.11 bits per heavy atom. The molecule has 0 saturated heterocycles. The quantitative estimate of drug-likeness (QED) is 0.540. The second kappa shape index (κ2) is 6.96. The van der Waals surface area contributed by atoms with Gasteiger partial charge in [-0.05, 0) is 36.3 Å². The molecule has 0 aliphatic heterocycles. The number of fused-ring (bicyclic) bond motifs is 1. The topological polar surface area (TPSA) is 71.5 Å². The first-order valence-electron chi connectivity index (χ1n) is 8.65. The summed E-state index contributed by atoms with van der Waals surface area (Å²) in [6.45, 7) is 5.46. The van der Waals surface area contributed by atoms with Crippen molar-refractivity contribution in [3.8, 4) is 22.5 Å². The van der Waals surface area contributed by atoms with Crippen LogP contribution in [0.4, 0.5) is 0 Å². The summed E-state index contributed by atoms with van der Waals surface area (Å²) in [7, 11) is 0. The molecule has 4 aromatic rings. The molecule has 0 atom stereocenters. The first-order chi connectivity index (χ1) is 13.1. The lowest BCUT2D eigenvalue weighted by atomic mass is 9.99. The first kappa shape index (κ1) is 16.8. The lowest BCUT2D eigenvalue weighted by Crippen LogP contribution is -2.03. The third-order valence-corrected chi connectivity index (χ3v) is 4.45. The fraction of sp³-hybridized carbons (Fsp3) is 0.0909. The van der Waals surface area contributed by atoms with Gasteiger partial charge in [-0.1, -0.05) is 30.8 Å². The number of H-pyrrole nitrogens is 1. The van der Waals surface area contributed by atoms with Crippen LogP contribution in [0.5, 0.6) is 0 Å². The first-order valence-corrected chi connectivity index (χ1v) is 8.65. The summed E-state index contributed by atoms with van der Waals surface area (Å²) in [6, 6.07) is 13.7. The molecule has 5 heteroatoms. The summed E-state index contributed by atoms with van der Waals surface area (Å²) in [5.41, 5.74) is 5.80. The summed E-state index contributed by atoms with van der Waals surface area (Å²) in [6.07, 6.45) is 5.54. The number of carbonyl (C=O) groups is 1. The predicted octanol–water partition coefficient (Wildman–Crippen LogP) is 4.37. The van der Waals surface area contributed by atoms with E-state index in [9.17, 15) is 4.79 Å². The number of benzene rings is 1. The standard InChI is InChI=1S/C22H18N4O/c1-14(2)19(27)11-15-6-5-7-16(10-15)21-20-17(18-8-3-4-9-23-18)12-24-22(20)26-13-25-21/h3-10,12-13H,1,11H2,2H3,(H,24,25,26). The molecule has 0 amide bonds. The molecule has 1 aromatic carbocycles. The van der Waals surface area contributed by atoms with Crippen molar-refractivity contribution in [1.82, 2.24) is 19.9 Å². The Morgan fingerprint density at radius 3 is 2.78 bits per heavy atom. The normalized spacial score (nSPS) is 10.9. The Balaban J connectivity index is 1.84. The Labute approximate surface area is 156 Å². The molecule has 3 heterocycles. The highest BCUT2D eigenvalue weighted by Gasteiger charge is 2.15. The van der Waals surface area contributed by atoms with Crippen molar-refractivity contribution in [1.29, 1.82) is 0 Å². The molecule has 132 valence electrons. The predicted molar refractivity (Wildman–Crippen MR) is 106 cm³/mol. The zero-order valence-corrected chi connectivity index (χ0v) is 14.9. The van der Waals surface area contributed by atoms with Crippen molar-refractivity contribution >= 4 is 16.8 Å². The molecule has 5 nitrogen and oxygen atoms in total. The lowest BCUT2D eigenvalue weighted by molar-refractivity contribution is -0.114. The molecule has 4 rings (SSSR count). The fourth-order valence-corrected chi connectivity index (χ4v) is 3.07. The number of pyridine rings is 1. The minimum absolute atomic E-state index is 0.0378. The molecule has 0 unspecified atom stereocenters. The van der Waals surface area contributed by atoms with Crippen LogP contribution in [0.3, 0.4) is 0 Å². The van der Waals surface area contributed by atoms with E-state index in [1.165, 1.54) is 0 Å². The molecule has 27 heavy (non-hydrogen) atoms. The van der Waals surface area contributed by atoms with Crippen molar-refractivity contribution in [2.24, 2.45) is 0 Å². The van der Waals surface area contributed by atoms with E-state index in [1.807, 2.05) is 48.7 Å². The maximum absolute atomic E-state index is 12.0. The van der Waals surface area contributed by atoms with Gasteiger partial charge in [-0.15, -0.1) is 0 Å². The van der Waals surface area contributed by atoms with E-state index < -0.39 is 0 Å². The van der Waals surface area contributed by atoms with Crippen LogP contribution < -0.4 is 0 Å². The minimum Gasteiger partial charge on any atom is -0.345 e. The van der Waals surface area contributed by atoms with Gasteiger partial charge in [0.1, 0.15) is 12.0 Å². The van der Waals surface area contributed by atoms with E-state index in [-0.39, 0.29) is 5.78 Å². The number of ketones is 1. The zero-order valence-electron chi connectivity index (χ0n) is 14.9. The van der Waals surface area contributed by atoms with E-state index >= 15 is 0 Å². The van der Waals surface area contributed by atoms with Crippen LogP contribution in [0.25, 0.3) is 33.5 Å². The molecule has 0 aliphatic rings. The second-order valence-electron chi connectivity index (χ2n) is 6.44. The van der Waals surface area contributed by atoms with Gasteiger partial charge >= 0.3 is 0 Å². The number of aromatic nitrogens is 4. The average Bonchev–Trinajstić information content (AvgIpc) is 3.13. The van der Waals surface area contributed by atoms with Crippen molar-refractivity contribution in [3.05, 3.63) is 78.9 Å². The smallest absolute Gasteiger partial charge is 0.162 e. The van der Waals surface area contributed by atoms with Crippen LogP contribution in [-0.4, -0.2) is 25.7 Å². The summed E-state index contributed by atoms with van der Waals surface area (Å²) < 4.78 is 0. The number of carbonyl (C=O) groups excluding carboxylic acids is 1. The van der Waals surface area contributed by atoms with E-state index in [4.69, 9.17) is 0 Å². The third kappa shape index (κ3) is 3.27. The second-order valence-corrected chi connectivity index (χ2v) is 6.44. The van der Waals surface area contributed by atoms with Gasteiger partial charge < -0.3 is 4.98 Å². The fourth-order valence-electron chi connectivity index (χ4n) is 3.07. The van der Waals surface area contributed by atoms with E-state index in [1.54, 1.807) is 19.4 Å². The number of nitrogens with zero attached hydrogens (tertiary/aromatic N) is 3. The molecule has 0 aliphatic carbocycles. The maximum Gasteiger partial charge on any atom is 0.162 e. The Hall–Kier alpha value is -3.60. The number of hydrogen-bond donors (Lipinski definition) is 1. The van der Waals surface area contributed by atoms with Gasteiger partial charge in [0.05, 0.1) is 16.8 Å². The number of hydrogen-bond acceptors (Lipinski definition) is 4. The highest BCUT2D eigenvalue weighted by atomic mass is 16.1. The molecule has 0 radical (unpaired) electrons. The van der Waals surface area contributed by atoms with Gasteiger partial charge in [0, 0.05) is 29.9 Å². The molecule has 0 bridgehead atoms.